The van der Waals surface area contributed by atoms with Crippen LogP contribution < -0.4 is 16.0 Å². The first-order valence-electron chi connectivity index (χ1n) is 26.2. The number of carbonyl (C=O) groups excluding carboxylic acids is 2. The van der Waals surface area contributed by atoms with Gasteiger partial charge >= 0.3 is 11.9 Å². The summed E-state index contributed by atoms with van der Waals surface area (Å²) in [5.41, 5.74) is 8.40. The molecule has 4 N–H and O–H groups in total. The Morgan fingerprint density at radius 3 is 2.46 bits per heavy atom. The van der Waals surface area contributed by atoms with E-state index in [4.69, 9.17) is 9.47 Å². The van der Waals surface area contributed by atoms with E-state index >= 15 is 4.79 Å². The maximum atomic E-state index is 15.1. The first-order chi connectivity index (χ1) is 32.8. The topological polar surface area (TPSA) is 109 Å². The van der Waals surface area contributed by atoms with Crippen molar-refractivity contribution in [2.24, 2.45) is 40.4 Å². The average Bonchev–Trinajstić information content (AvgIpc) is 4.07. The van der Waals surface area contributed by atoms with Gasteiger partial charge in [-0.2, -0.15) is 0 Å². The molecule has 0 aromatic heterocycles. The van der Waals surface area contributed by atoms with Gasteiger partial charge in [-0.05, 0) is 190 Å². The van der Waals surface area contributed by atoms with Crippen molar-refractivity contribution in [1.29, 1.82) is 0 Å². The first-order valence-corrected chi connectivity index (χ1v) is 26.2. The normalized spacial score (nSPS) is 30.7. The number of hydrogen-bond acceptors (Lipinski definition) is 8. The number of hydrogen-bond donors (Lipinski definition) is 4. The van der Waals surface area contributed by atoms with Gasteiger partial charge in [-0.25, -0.2) is 9.59 Å². The van der Waals surface area contributed by atoms with Crippen LogP contribution in [0.1, 0.15) is 133 Å². The van der Waals surface area contributed by atoms with Crippen molar-refractivity contribution >= 4 is 17.5 Å². The van der Waals surface area contributed by atoms with Gasteiger partial charge in [-0.1, -0.05) is 93.6 Å². The molecule has 1 spiro atoms. The fourth-order valence-electron chi connectivity index (χ4n) is 14.9. The molecule has 0 amide bonds. The monoisotopic (exact) mass is 902 g/mol. The molecule has 5 fully saturated rings. The van der Waals surface area contributed by atoms with Crippen LogP contribution in [0.2, 0.25) is 0 Å². The van der Waals surface area contributed by atoms with E-state index in [0.717, 1.165) is 104 Å². The lowest BCUT2D eigenvalue weighted by atomic mass is 9.44. The zero-order valence-corrected chi connectivity index (χ0v) is 39.8. The van der Waals surface area contributed by atoms with Crippen molar-refractivity contribution in [3.8, 4) is 16.9 Å². The van der Waals surface area contributed by atoms with Gasteiger partial charge in [-0.15, -0.1) is 0 Å². The molecule has 7 atom stereocenters. The summed E-state index contributed by atoms with van der Waals surface area (Å²) < 4.78 is 13.2. The Hall–Kier alpha value is -4.76. The third-order valence-corrected chi connectivity index (χ3v) is 18.2. The highest BCUT2D eigenvalue weighted by Crippen LogP contribution is 2.72. The van der Waals surface area contributed by atoms with E-state index in [-0.39, 0.29) is 46.8 Å². The zero-order chi connectivity index (χ0) is 45.7. The molecule has 352 valence electrons. The van der Waals surface area contributed by atoms with Gasteiger partial charge in [0.1, 0.15) is 17.3 Å². The largest absolute Gasteiger partial charge is 0.508 e. The fourth-order valence-corrected chi connectivity index (χ4v) is 14.9. The quantitative estimate of drug-likeness (QED) is 0.126. The van der Waals surface area contributed by atoms with Gasteiger partial charge in [0.15, 0.2) is 0 Å². The number of esters is 2. The number of phenolic OH excluding ortho intramolecular Hbond substituents is 1. The Morgan fingerprint density at radius 2 is 1.66 bits per heavy atom. The Kier molecular flexibility index (Phi) is 12.4. The molecule has 2 bridgehead atoms. The lowest BCUT2D eigenvalue weighted by molar-refractivity contribution is -0.135. The van der Waals surface area contributed by atoms with Gasteiger partial charge < -0.3 is 30.5 Å². The first kappa shape index (κ1) is 44.7. The van der Waals surface area contributed by atoms with E-state index in [0.29, 0.717) is 29.5 Å². The van der Waals surface area contributed by atoms with Crippen LogP contribution in [-0.4, -0.2) is 42.8 Å². The van der Waals surface area contributed by atoms with E-state index in [2.05, 4.69) is 96.7 Å². The van der Waals surface area contributed by atoms with Gasteiger partial charge in [0.05, 0.1) is 17.2 Å². The Balaban J connectivity index is 1.02. The minimum Gasteiger partial charge on any atom is -0.508 e. The van der Waals surface area contributed by atoms with Gasteiger partial charge in [-0.3, -0.25) is 0 Å². The standard InChI is InChI=1S/C59H71N3O5/c1-3-37(31-38-13-6-4-7-14-38)33-50-59-29-23-45(46-21-22-47-49(66-56(64)53(47)54(46)59)24-28-58(26-10-11-27-58)41-25-30-61-51(34-41)60-2)52(55(59)57(65)67-50)48-35-43(63)19-20-44(48)40-16-12-15-39(32-40)36-62-42-17-8-5-9-18-42/h4,6-7,12-16,19-20,24,32-33,35,37,41-42,45-46,51,54,60-63H,3,5,8-11,17-18,21-23,25-31,34,36H2,1-2H3/b49-24?,50-33-/t37-,41+,45+,46-,51-,54+,59+/m0/s1. The van der Waals surface area contributed by atoms with E-state index in [1.165, 1.54) is 75.3 Å². The number of nitrogens with one attached hydrogen (secondary N) is 3. The number of rotatable bonds is 13. The number of carbonyl (C=O) groups is 2. The summed E-state index contributed by atoms with van der Waals surface area (Å²) in [6.45, 7) is 4.04. The van der Waals surface area contributed by atoms with Crippen molar-refractivity contribution in [3.05, 3.63) is 130 Å². The van der Waals surface area contributed by atoms with Gasteiger partial charge in [0, 0.05) is 29.7 Å². The highest BCUT2D eigenvalue weighted by molar-refractivity contribution is 6.07. The molecular weight excluding hydrogens is 831 g/mol. The second kappa shape index (κ2) is 18.6. The van der Waals surface area contributed by atoms with Crippen molar-refractivity contribution in [3.63, 3.8) is 0 Å². The van der Waals surface area contributed by atoms with Crippen LogP contribution in [0.5, 0.6) is 5.75 Å². The van der Waals surface area contributed by atoms with Crippen LogP contribution in [0.25, 0.3) is 16.7 Å². The maximum absolute atomic E-state index is 15.1. The number of cyclic esters (lactones) is 2. The summed E-state index contributed by atoms with van der Waals surface area (Å²) in [5.74, 6) is 1.74. The summed E-state index contributed by atoms with van der Waals surface area (Å²) >= 11 is 0. The molecule has 3 aromatic rings. The summed E-state index contributed by atoms with van der Waals surface area (Å²) in [6.07, 6.45) is 24.4. The fraction of sp³-hybridized carbons (Fsp3) is 0.525. The van der Waals surface area contributed by atoms with E-state index in [1.807, 2.05) is 12.1 Å². The second-order valence-corrected chi connectivity index (χ2v) is 21.7. The lowest BCUT2D eigenvalue weighted by Gasteiger charge is -2.56. The summed E-state index contributed by atoms with van der Waals surface area (Å²) in [7, 11) is 2.06. The Morgan fingerprint density at radius 1 is 0.836 bits per heavy atom. The molecule has 0 radical (unpaired) electrons. The van der Waals surface area contributed by atoms with Crippen LogP contribution in [0.3, 0.4) is 0 Å². The van der Waals surface area contributed by atoms with Crippen LogP contribution in [0.15, 0.2) is 113 Å². The molecule has 3 heterocycles. The van der Waals surface area contributed by atoms with E-state index < -0.39 is 5.41 Å². The van der Waals surface area contributed by atoms with Crippen molar-refractivity contribution in [2.45, 2.75) is 141 Å². The Labute approximate surface area is 398 Å². The SMILES string of the molecule is CC[C@H](/C=C1\OC(=O)C2=C(c3cc(O)ccc3-c3cccc(CNC4CCCCC4)c3)[C@@H]3CC[C@@]21[C@H]1C2=C(CC[C@@H]31)C(=CCC1([C@@H]3CCN[C@H](NC)C3)CCCC1)OC2=O)Cc1ccccc1. The van der Waals surface area contributed by atoms with Crippen LogP contribution in [0, 0.1) is 40.4 Å². The molecule has 2 saturated heterocycles. The minimum absolute atomic E-state index is 0.00781. The predicted molar refractivity (Wildman–Crippen MR) is 264 cm³/mol. The van der Waals surface area contributed by atoms with Crippen molar-refractivity contribution < 1.29 is 24.2 Å². The average molecular weight is 902 g/mol. The zero-order valence-electron chi connectivity index (χ0n) is 39.8. The molecule has 9 aliphatic rings. The van der Waals surface area contributed by atoms with Crippen molar-refractivity contribution in [2.75, 3.05) is 13.6 Å². The molecule has 3 aromatic carbocycles. The molecule has 3 aliphatic heterocycles. The lowest BCUT2D eigenvalue weighted by Crippen LogP contribution is -2.52. The third kappa shape index (κ3) is 8.07. The predicted octanol–water partition coefficient (Wildman–Crippen LogP) is 11.6. The molecule has 6 aliphatic carbocycles. The van der Waals surface area contributed by atoms with Crippen LogP contribution >= 0.6 is 0 Å². The number of allylic oxidation sites excluding steroid dienone is 5. The summed E-state index contributed by atoms with van der Waals surface area (Å²) in [5, 5.41) is 22.3. The molecule has 0 unspecified atom stereocenters. The second-order valence-electron chi connectivity index (χ2n) is 21.7. The minimum atomic E-state index is -0.830. The summed E-state index contributed by atoms with van der Waals surface area (Å²) in [6, 6.07) is 25.6. The molecular formula is C59H71N3O5. The number of piperidine rings is 1. The molecule has 3 saturated carbocycles. The highest BCUT2D eigenvalue weighted by atomic mass is 16.5. The van der Waals surface area contributed by atoms with Crippen LogP contribution in [-0.2, 0) is 32.0 Å². The molecule has 8 nitrogen and oxygen atoms in total. The maximum Gasteiger partial charge on any atom is 0.340 e. The highest BCUT2D eigenvalue weighted by Gasteiger charge is 2.68. The third-order valence-electron chi connectivity index (χ3n) is 18.2. The number of fused-ring (bicyclic) bond motifs is 1. The van der Waals surface area contributed by atoms with Crippen molar-refractivity contribution in [1.82, 2.24) is 16.0 Å². The number of aromatic hydroxyl groups is 1. The van der Waals surface area contributed by atoms with E-state index in [9.17, 15) is 9.90 Å². The summed E-state index contributed by atoms with van der Waals surface area (Å²) in [4.78, 5) is 29.9. The van der Waals surface area contributed by atoms with Gasteiger partial charge in [0.25, 0.3) is 0 Å². The number of ether oxygens (including phenoxy) is 2. The molecule has 67 heavy (non-hydrogen) atoms. The molecule has 12 rings (SSSR count). The molecule has 8 heteroatoms. The van der Waals surface area contributed by atoms with Crippen LogP contribution in [0.4, 0.5) is 0 Å². The Bertz CT molecular complexity index is 2510. The van der Waals surface area contributed by atoms with E-state index in [1.54, 1.807) is 6.07 Å². The number of phenols is 1. The number of benzene rings is 3. The van der Waals surface area contributed by atoms with Gasteiger partial charge in [0.2, 0.25) is 0 Å². The smallest absolute Gasteiger partial charge is 0.340 e.